The molecule has 13 heteroatoms. The molecule has 7 rings (SSSR count). The molecule has 1 amide bonds. The number of piperidine rings is 1. The highest BCUT2D eigenvalue weighted by atomic mass is 16.6. The fraction of sp³-hybridized carbons (Fsp3) is 0.763. The van der Waals surface area contributed by atoms with Crippen LogP contribution in [0.3, 0.4) is 0 Å². The normalized spacial score (nSPS) is 43.1. The average molecular weight is 715 g/mol. The number of esters is 2. The Balaban J connectivity index is 1.29. The van der Waals surface area contributed by atoms with E-state index in [9.17, 15) is 19.5 Å². The van der Waals surface area contributed by atoms with Gasteiger partial charge in [0.15, 0.2) is 0 Å². The highest BCUT2D eigenvalue weighted by Crippen LogP contribution is 2.81. The third-order valence-electron chi connectivity index (χ3n) is 14.3. The summed E-state index contributed by atoms with van der Waals surface area (Å²) in [5, 5.41) is 16.5. The van der Waals surface area contributed by atoms with E-state index in [1.54, 1.807) is 59.8 Å². The number of para-hydroxylation sites is 1. The number of amides is 1. The molecule has 6 fully saturated rings. The number of hydrogen-bond acceptors (Lipinski definition) is 12. The molecule has 1 saturated heterocycles. The molecule has 13 nitrogen and oxygen atoms in total. The van der Waals surface area contributed by atoms with Gasteiger partial charge in [-0.15, -0.1) is 0 Å². The number of fused-ring (bicyclic) bond motifs is 2. The maximum Gasteiger partial charge on any atom is 0.340 e. The zero-order chi connectivity index (χ0) is 36.5. The Morgan fingerprint density at radius 1 is 1.00 bits per heavy atom. The lowest BCUT2D eigenvalue weighted by atomic mass is 9.42. The Morgan fingerprint density at radius 2 is 1.76 bits per heavy atom. The van der Waals surface area contributed by atoms with Crippen LogP contribution in [0, 0.1) is 34.5 Å². The van der Waals surface area contributed by atoms with Gasteiger partial charge in [0, 0.05) is 83.5 Å². The van der Waals surface area contributed by atoms with Crippen molar-refractivity contribution in [2.45, 2.75) is 87.1 Å². The molecule has 1 aliphatic heterocycles. The van der Waals surface area contributed by atoms with Gasteiger partial charge in [0.1, 0.15) is 11.2 Å². The number of likely N-dealkylation sites (tertiary alicyclic amines) is 1. The van der Waals surface area contributed by atoms with Crippen molar-refractivity contribution in [2.75, 3.05) is 67.7 Å². The first kappa shape index (κ1) is 36.7. The van der Waals surface area contributed by atoms with Gasteiger partial charge in [-0.3, -0.25) is 14.5 Å². The minimum absolute atomic E-state index is 0.0542. The summed E-state index contributed by atoms with van der Waals surface area (Å²) >= 11 is 0. The number of anilines is 1. The van der Waals surface area contributed by atoms with E-state index in [1.165, 1.54) is 7.11 Å². The van der Waals surface area contributed by atoms with E-state index in [1.807, 2.05) is 0 Å². The van der Waals surface area contributed by atoms with Crippen molar-refractivity contribution in [3.8, 4) is 0 Å². The van der Waals surface area contributed by atoms with Gasteiger partial charge in [0.25, 0.3) is 0 Å². The summed E-state index contributed by atoms with van der Waals surface area (Å²) in [4.78, 5) is 40.7. The Kier molecular flexibility index (Phi) is 9.59. The summed E-state index contributed by atoms with van der Waals surface area (Å²) in [6, 6.07) is 6.37. The van der Waals surface area contributed by atoms with Crippen LogP contribution in [-0.2, 0) is 42.7 Å². The van der Waals surface area contributed by atoms with Crippen molar-refractivity contribution in [1.29, 1.82) is 0 Å². The molecule has 1 aromatic carbocycles. The van der Waals surface area contributed by atoms with E-state index >= 15 is 0 Å². The van der Waals surface area contributed by atoms with Crippen LogP contribution in [0.15, 0.2) is 24.3 Å². The van der Waals surface area contributed by atoms with Gasteiger partial charge in [-0.1, -0.05) is 19.1 Å². The number of ether oxygens (including phenoxy) is 7. The predicted octanol–water partition coefficient (Wildman–Crippen LogP) is 2.68. The van der Waals surface area contributed by atoms with Crippen molar-refractivity contribution >= 4 is 23.5 Å². The van der Waals surface area contributed by atoms with Crippen LogP contribution in [-0.4, -0.2) is 132 Å². The molecule has 0 unspecified atom stereocenters. The first-order valence-electron chi connectivity index (χ1n) is 18.3. The van der Waals surface area contributed by atoms with Crippen LogP contribution in [0.2, 0.25) is 0 Å². The van der Waals surface area contributed by atoms with Gasteiger partial charge >= 0.3 is 11.9 Å². The van der Waals surface area contributed by atoms with Crippen LogP contribution >= 0.6 is 0 Å². The molecule has 2 N–H and O–H groups in total. The molecular weight excluding hydrogens is 660 g/mol. The summed E-state index contributed by atoms with van der Waals surface area (Å²) in [5.41, 5.74) is -3.11. The molecule has 5 aliphatic carbocycles. The third-order valence-corrected chi connectivity index (χ3v) is 14.3. The summed E-state index contributed by atoms with van der Waals surface area (Å²) < 4.78 is 43.2. The van der Waals surface area contributed by atoms with E-state index in [0.717, 1.165) is 12.8 Å². The molecule has 0 aromatic heterocycles. The van der Waals surface area contributed by atoms with Crippen LogP contribution in [0.25, 0.3) is 0 Å². The number of aliphatic hydroxyl groups is 1. The number of benzene rings is 1. The van der Waals surface area contributed by atoms with Gasteiger partial charge in [0.2, 0.25) is 5.91 Å². The molecule has 7 bridgehead atoms. The third kappa shape index (κ3) is 4.74. The van der Waals surface area contributed by atoms with E-state index in [4.69, 9.17) is 28.4 Å². The molecule has 6 aliphatic rings. The SMILES string of the molecule is CCN1C[C@]2(COC(=O)c3ccccc3NC(=O)CCC(=O)OC)CC[C@H](OC)[C@@]34[C@@H]5C[C@H]6[C@H](OC)[C@@H]5[C@](OC)(C[C@@H]6OC)[C@](O)([C@@H](OC)[C@H]23)[C@@H]14. The minimum atomic E-state index is -1.46. The second kappa shape index (κ2) is 13.3. The van der Waals surface area contributed by atoms with Crippen LogP contribution in [0.1, 0.15) is 55.8 Å². The quantitative estimate of drug-likeness (QED) is 0.289. The Hall–Kier alpha value is -2.65. The monoisotopic (exact) mass is 714 g/mol. The summed E-state index contributed by atoms with van der Waals surface area (Å²) in [6.45, 7) is 3.46. The van der Waals surface area contributed by atoms with Crippen molar-refractivity contribution in [1.82, 2.24) is 4.90 Å². The Bertz CT molecular complexity index is 1530. The predicted molar refractivity (Wildman–Crippen MR) is 183 cm³/mol. The second-order valence-electron chi connectivity index (χ2n) is 15.6. The van der Waals surface area contributed by atoms with Crippen molar-refractivity contribution in [3.63, 3.8) is 0 Å². The average Bonchev–Trinajstić information content (AvgIpc) is 3.55. The minimum Gasteiger partial charge on any atom is -0.469 e. The molecule has 282 valence electrons. The fourth-order valence-electron chi connectivity index (χ4n) is 12.9. The zero-order valence-electron chi connectivity index (χ0n) is 30.8. The Morgan fingerprint density at radius 3 is 2.41 bits per heavy atom. The van der Waals surface area contributed by atoms with Gasteiger partial charge in [-0.2, -0.15) is 0 Å². The van der Waals surface area contributed by atoms with Gasteiger partial charge < -0.3 is 43.6 Å². The summed E-state index contributed by atoms with van der Waals surface area (Å²) in [5.74, 6) is -1.65. The number of nitrogens with one attached hydrogen (secondary N) is 1. The molecule has 51 heavy (non-hydrogen) atoms. The number of likely N-dealkylation sites (N-methyl/N-ethyl adjacent to an activating group) is 1. The number of rotatable bonds is 13. The van der Waals surface area contributed by atoms with Crippen LogP contribution in [0.4, 0.5) is 5.69 Å². The van der Waals surface area contributed by atoms with Crippen molar-refractivity contribution in [2.24, 2.45) is 34.5 Å². The standard InChI is InChI=1S/C38H54N2O11/c1-8-40-19-35(20-51-33(43)21-11-9-10-12-24(21)39-27(41)13-14-28(42)47-4)16-15-26(46-3)37-23-17-22-25(45-2)18-36(50-7,29(23)30(22)48-5)38(44,34(37)40)32(49-6)31(35)37/h9-12,22-23,25-26,29-32,34,44H,8,13-20H2,1-7H3,(H,39,41)/t22-,23-,25+,26+,29-,30+,31-,32+,34+,35+,36-,37+,38+/m1/s1. The number of hydrogen-bond donors (Lipinski definition) is 2. The number of nitrogens with zero attached hydrogens (tertiary/aromatic N) is 1. The Labute approximate surface area is 299 Å². The van der Waals surface area contributed by atoms with Crippen molar-refractivity contribution < 1.29 is 52.6 Å². The lowest BCUT2D eigenvalue weighted by molar-refractivity contribution is -0.326. The van der Waals surface area contributed by atoms with E-state index in [2.05, 4.69) is 21.9 Å². The second-order valence-corrected chi connectivity index (χ2v) is 15.6. The summed E-state index contributed by atoms with van der Waals surface area (Å²) in [6.07, 6.45) is 1.43. The topological polar surface area (TPSA) is 151 Å². The number of carbonyl (C=O) groups is 3. The molecule has 1 aromatic rings. The first-order valence-corrected chi connectivity index (χ1v) is 18.3. The smallest absolute Gasteiger partial charge is 0.340 e. The summed E-state index contributed by atoms with van der Waals surface area (Å²) in [7, 11) is 9.92. The maximum absolute atomic E-state index is 14.0. The van der Waals surface area contributed by atoms with E-state index < -0.39 is 46.0 Å². The van der Waals surface area contributed by atoms with E-state index in [0.29, 0.717) is 31.6 Å². The van der Waals surface area contributed by atoms with Gasteiger partial charge in [0.05, 0.1) is 61.8 Å². The molecule has 0 radical (unpaired) electrons. The molecule has 1 heterocycles. The van der Waals surface area contributed by atoms with Crippen LogP contribution in [0.5, 0.6) is 0 Å². The van der Waals surface area contributed by atoms with Crippen LogP contribution < -0.4 is 5.32 Å². The number of carbonyl (C=O) groups excluding carboxylic acids is 3. The fourth-order valence-corrected chi connectivity index (χ4v) is 12.9. The molecule has 13 atom stereocenters. The highest BCUT2D eigenvalue weighted by Gasteiger charge is 2.92. The highest BCUT2D eigenvalue weighted by molar-refractivity contribution is 6.01. The zero-order valence-corrected chi connectivity index (χ0v) is 30.8. The lowest BCUT2D eigenvalue weighted by Crippen LogP contribution is -2.82. The number of methoxy groups -OCH3 is 6. The van der Waals surface area contributed by atoms with Crippen molar-refractivity contribution in [3.05, 3.63) is 29.8 Å². The first-order chi connectivity index (χ1) is 24.5. The largest absolute Gasteiger partial charge is 0.469 e. The lowest BCUT2D eigenvalue weighted by Gasteiger charge is -2.70. The van der Waals surface area contributed by atoms with Gasteiger partial charge in [-0.25, -0.2) is 4.79 Å². The molecular formula is C38H54N2O11. The maximum atomic E-state index is 14.0. The molecule has 1 spiro atoms. The van der Waals surface area contributed by atoms with E-state index in [-0.39, 0.29) is 73.0 Å². The van der Waals surface area contributed by atoms with Gasteiger partial charge in [-0.05, 0) is 43.9 Å². The molecule has 5 saturated carbocycles.